The second kappa shape index (κ2) is 5.94. The SMILES string of the molecule is Cc1cc(C)n2nc(C(=O)Nc3cnn(C4CCCC4)c3C)nc2n1. The van der Waals surface area contributed by atoms with Crippen LogP contribution in [-0.2, 0) is 0 Å². The molecule has 130 valence electrons. The minimum atomic E-state index is -0.350. The van der Waals surface area contributed by atoms with Crippen LogP contribution in [0.15, 0.2) is 12.3 Å². The van der Waals surface area contributed by atoms with Crippen LogP contribution in [-0.4, -0.2) is 35.3 Å². The molecular formula is C17H21N7O. The van der Waals surface area contributed by atoms with Crippen LogP contribution in [0, 0.1) is 20.8 Å². The van der Waals surface area contributed by atoms with Crippen molar-refractivity contribution in [1.29, 1.82) is 0 Å². The molecule has 0 spiro atoms. The van der Waals surface area contributed by atoms with E-state index in [2.05, 4.69) is 25.5 Å². The van der Waals surface area contributed by atoms with Crippen LogP contribution in [0.3, 0.4) is 0 Å². The second-order valence-corrected chi connectivity index (χ2v) is 6.67. The van der Waals surface area contributed by atoms with Gasteiger partial charge in [0.1, 0.15) is 0 Å². The third-order valence-corrected chi connectivity index (χ3v) is 4.78. The highest BCUT2D eigenvalue weighted by atomic mass is 16.2. The number of carbonyl (C=O) groups is 1. The third-order valence-electron chi connectivity index (χ3n) is 4.78. The molecule has 0 unspecified atom stereocenters. The summed E-state index contributed by atoms with van der Waals surface area (Å²) in [6.07, 6.45) is 6.47. The molecule has 8 nitrogen and oxygen atoms in total. The summed E-state index contributed by atoms with van der Waals surface area (Å²) in [5, 5.41) is 11.6. The van der Waals surface area contributed by atoms with Gasteiger partial charge in [-0.3, -0.25) is 9.48 Å². The lowest BCUT2D eigenvalue weighted by Crippen LogP contribution is -2.15. The molecule has 0 saturated heterocycles. The molecule has 1 aliphatic rings. The molecule has 1 aliphatic carbocycles. The predicted molar refractivity (Wildman–Crippen MR) is 92.7 cm³/mol. The predicted octanol–water partition coefficient (Wildman–Crippen LogP) is 2.61. The Kier molecular flexibility index (Phi) is 3.74. The van der Waals surface area contributed by atoms with Crippen molar-refractivity contribution in [3.63, 3.8) is 0 Å². The first-order valence-electron chi connectivity index (χ1n) is 8.59. The zero-order valence-corrected chi connectivity index (χ0v) is 14.7. The number of fused-ring (bicyclic) bond motifs is 1. The summed E-state index contributed by atoms with van der Waals surface area (Å²) in [6, 6.07) is 2.34. The fourth-order valence-electron chi connectivity index (χ4n) is 3.50. The van der Waals surface area contributed by atoms with Crippen molar-refractivity contribution >= 4 is 17.4 Å². The molecule has 1 saturated carbocycles. The largest absolute Gasteiger partial charge is 0.316 e. The fraction of sp³-hybridized carbons (Fsp3) is 0.471. The van der Waals surface area contributed by atoms with Crippen LogP contribution in [0.25, 0.3) is 5.78 Å². The van der Waals surface area contributed by atoms with Crippen molar-refractivity contribution < 1.29 is 4.79 Å². The highest BCUT2D eigenvalue weighted by Crippen LogP contribution is 2.31. The van der Waals surface area contributed by atoms with Crippen LogP contribution in [0.2, 0.25) is 0 Å². The summed E-state index contributed by atoms with van der Waals surface area (Å²) in [6.45, 7) is 5.78. The Balaban J connectivity index is 1.59. The lowest BCUT2D eigenvalue weighted by molar-refractivity contribution is 0.101. The van der Waals surface area contributed by atoms with Crippen molar-refractivity contribution in [1.82, 2.24) is 29.4 Å². The van der Waals surface area contributed by atoms with Crippen LogP contribution in [0.5, 0.6) is 0 Å². The van der Waals surface area contributed by atoms with Gasteiger partial charge in [-0.1, -0.05) is 12.8 Å². The van der Waals surface area contributed by atoms with Crippen molar-refractivity contribution in [2.75, 3.05) is 5.32 Å². The maximum absolute atomic E-state index is 12.5. The number of hydrogen-bond donors (Lipinski definition) is 1. The number of amides is 1. The zero-order chi connectivity index (χ0) is 17.6. The standard InChI is InChI=1S/C17H21N7O/c1-10-8-11(2)23-17(19-10)21-15(22-23)16(25)20-14-9-18-24(12(14)3)13-6-4-5-7-13/h8-9,13H,4-7H2,1-3H3,(H,20,25). The summed E-state index contributed by atoms with van der Waals surface area (Å²) in [4.78, 5) is 21.1. The number of nitrogens with zero attached hydrogens (tertiary/aromatic N) is 6. The van der Waals surface area contributed by atoms with Gasteiger partial charge in [-0.2, -0.15) is 10.1 Å². The number of aryl methyl sites for hydroxylation is 2. The highest BCUT2D eigenvalue weighted by molar-refractivity contribution is 6.02. The zero-order valence-electron chi connectivity index (χ0n) is 14.7. The van der Waals surface area contributed by atoms with Crippen molar-refractivity contribution in [3.8, 4) is 0 Å². The molecular weight excluding hydrogens is 318 g/mol. The van der Waals surface area contributed by atoms with Gasteiger partial charge in [0.05, 0.1) is 23.6 Å². The van der Waals surface area contributed by atoms with E-state index in [0.717, 1.165) is 29.9 Å². The molecule has 3 heterocycles. The molecule has 0 radical (unpaired) electrons. The minimum Gasteiger partial charge on any atom is -0.316 e. The summed E-state index contributed by atoms with van der Waals surface area (Å²) >= 11 is 0. The van der Waals surface area contributed by atoms with Gasteiger partial charge in [0.2, 0.25) is 5.82 Å². The number of aromatic nitrogens is 6. The van der Waals surface area contributed by atoms with Gasteiger partial charge in [-0.05, 0) is 39.7 Å². The van der Waals surface area contributed by atoms with E-state index in [9.17, 15) is 4.79 Å². The molecule has 1 N–H and O–H groups in total. The third kappa shape index (κ3) is 2.77. The molecule has 3 aromatic heterocycles. The Morgan fingerprint density at radius 3 is 2.72 bits per heavy atom. The van der Waals surface area contributed by atoms with E-state index in [1.807, 2.05) is 31.5 Å². The van der Waals surface area contributed by atoms with Crippen molar-refractivity contribution in [3.05, 3.63) is 35.2 Å². The summed E-state index contributed by atoms with van der Waals surface area (Å²) in [5.74, 6) is 0.187. The van der Waals surface area contributed by atoms with E-state index < -0.39 is 0 Å². The van der Waals surface area contributed by atoms with E-state index in [0.29, 0.717) is 17.5 Å². The molecule has 0 atom stereocenters. The number of carbonyl (C=O) groups excluding carboxylic acids is 1. The molecule has 4 rings (SSSR count). The molecule has 1 amide bonds. The van der Waals surface area contributed by atoms with Gasteiger partial charge in [0.15, 0.2) is 0 Å². The molecule has 1 fully saturated rings. The number of hydrogen-bond acceptors (Lipinski definition) is 5. The number of anilines is 1. The number of rotatable bonds is 3. The van der Waals surface area contributed by atoms with E-state index in [4.69, 9.17) is 0 Å². The van der Waals surface area contributed by atoms with E-state index in [1.165, 1.54) is 12.8 Å². The maximum Gasteiger partial charge on any atom is 0.295 e. The van der Waals surface area contributed by atoms with Gasteiger partial charge in [0.25, 0.3) is 11.7 Å². The van der Waals surface area contributed by atoms with Crippen LogP contribution in [0.4, 0.5) is 5.69 Å². The first-order chi connectivity index (χ1) is 12.0. The Morgan fingerprint density at radius 2 is 1.96 bits per heavy atom. The summed E-state index contributed by atoms with van der Waals surface area (Å²) in [5.41, 5.74) is 3.41. The monoisotopic (exact) mass is 339 g/mol. The van der Waals surface area contributed by atoms with E-state index >= 15 is 0 Å². The van der Waals surface area contributed by atoms with Gasteiger partial charge in [-0.25, -0.2) is 9.50 Å². The maximum atomic E-state index is 12.5. The molecule has 3 aromatic rings. The number of nitrogens with one attached hydrogen (secondary N) is 1. The van der Waals surface area contributed by atoms with E-state index in [-0.39, 0.29) is 11.7 Å². The Bertz CT molecular complexity index is 949. The van der Waals surface area contributed by atoms with Crippen LogP contribution in [0.1, 0.15) is 59.4 Å². The summed E-state index contributed by atoms with van der Waals surface area (Å²) in [7, 11) is 0. The van der Waals surface area contributed by atoms with Crippen LogP contribution < -0.4 is 5.32 Å². The molecule has 0 bridgehead atoms. The van der Waals surface area contributed by atoms with Crippen LogP contribution >= 0.6 is 0 Å². The molecule has 8 heteroatoms. The minimum absolute atomic E-state index is 0.106. The quantitative estimate of drug-likeness (QED) is 0.792. The van der Waals surface area contributed by atoms with Gasteiger partial charge >= 0.3 is 0 Å². The normalized spacial score (nSPS) is 15.2. The van der Waals surface area contributed by atoms with Crippen molar-refractivity contribution in [2.24, 2.45) is 0 Å². The first kappa shape index (κ1) is 15.7. The Morgan fingerprint density at radius 1 is 1.20 bits per heavy atom. The lowest BCUT2D eigenvalue weighted by Gasteiger charge is -2.12. The average molecular weight is 339 g/mol. The van der Waals surface area contributed by atoms with Gasteiger partial charge in [-0.15, -0.1) is 5.10 Å². The van der Waals surface area contributed by atoms with Gasteiger partial charge < -0.3 is 5.32 Å². The molecule has 0 aliphatic heterocycles. The topological polar surface area (TPSA) is 90.0 Å². The highest BCUT2D eigenvalue weighted by Gasteiger charge is 2.22. The summed E-state index contributed by atoms with van der Waals surface area (Å²) < 4.78 is 3.60. The smallest absolute Gasteiger partial charge is 0.295 e. The average Bonchev–Trinajstić information content (AvgIpc) is 3.28. The lowest BCUT2D eigenvalue weighted by atomic mass is 10.2. The first-order valence-corrected chi connectivity index (χ1v) is 8.59. The molecule has 0 aromatic carbocycles. The molecule has 25 heavy (non-hydrogen) atoms. The van der Waals surface area contributed by atoms with E-state index in [1.54, 1.807) is 10.7 Å². The van der Waals surface area contributed by atoms with Crippen molar-refractivity contribution in [2.45, 2.75) is 52.5 Å². The Hall–Kier alpha value is -2.77. The Labute approximate surface area is 145 Å². The van der Waals surface area contributed by atoms with Gasteiger partial charge in [0, 0.05) is 11.4 Å². The fourth-order valence-corrected chi connectivity index (χ4v) is 3.50. The second-order valence-electron chi connectivity index (χ2n) is 6.67.